The summed E-state index contributed by atoms with van der Waals surface area (Å²) >= 11 is 1.25. The van der Waals surface area contributed by atoms with Crippen LogP contribution in [0.4, 0.5) is 0 Å². The van der Waals surface area contributed by atoms with Crippen molar-refractivity contribution in [2.75, 3.05) is 5.75 Å². The van der Waals surface area contributed by atoms with Crippen molar-refractivity contribution in [3.05, 3.63) is 41.2 Å². The molecule has 20 heavy (non-hydrogen) atoms. The number of rotatable bonds is 5. The van der Waals surface area contributed by atoms with E-state index < -0.39 is 5.97 Å². The second-order valence-corrected chi connectivity index (χ2v) is 5.57. The maximum absolute atomic E-state index is 10.8. The van der Waals surface area contributed by atoms with Gasteiger partial charge in [0, 0.05) is 11.9 Å². The number of aliphatic carboxylic acids is 1. The van der Waals surface area contributed by atoms with E-state index in [0.29, 0.717) is 0 Å². The Bertz CT molecular complexity index is 635. The third-order valence-electron chi connectivity index (χ3n) is 3.31. The lowest BCUT2D eigenvalue weighted by Gasteiger charge is -2.14. The van der Waals surface area contributed by atoms with E-state index in [1.165, 1.54) is 22.9 Å². The number of hydrogen-bond acceptors (Lipinski definition) is 3. The van der Waals surface area contributed by atoms with Crippen molar-refractivity contribution in [2.24, 2.45) is 0 Å². The summed E-state index contributed by atoms with van der Waals surface area (Å²) in [6.07, 6.45) is 2.68. The summed E-state index contributed by atoms with van der Waals surface area (Å²) in [7, 11) is 0. The minimum atomic E-state index is -0.830. The molecule has 0 amide bonds. The summed E-state index contributed by atoms with van der Waals surface area (Å²) in [4.78, 5) is 15.1. The largest absolute Gasteiger partial charge is 0.481 e. The van der Waals surface area contributed by atoms with Crippen LogP contribution in [-0.4, -0.2) is 26.4 Å². The Balaban J connectivity index is 2.50. The number of carboxylic acids is 1. The molecule has 0 bridgehead atoms. The Morgan fingerprint density at radius 3 is 2.80 bits per heavy atom. The van der Waals surface area contributed by atoms with Gasteiger partial charge in [0.1, 0.15) is 0 Å². The molecule has 2 aromatic rings. The first-order valence-corrected chi connectivity index (χ1v) is 7.51. The highest BCUT2D eigenvalue weighted by Crippen LogP contribution is 2.26. The Labute approximate surface area is 122 Å². The molecule has 1 aromatic heterocycles. The fourth-order valence-electron chi connectivity index (χ4n) is 2.08. The van der Waals surface area contributed by atoms with Crippen LogP contribution in [0.1, 0.15) is 23.7 Å². The molecule has 2 rings (SSSR count). The van der Waals surface area contributed by atoms with Crippen molar-refractivity contribution >= 4 is 17.7 Å². The number of hydrogen-bond donors (Lipinski definition) is 1. The Morgan fingerprint density at radius 2 is 2.15 bits per heavy atom. The zero-order valence-corrected chi connectivity index (χ0v) is 12.7. The topological polar surface area (TPSA) is 55.1 Å². The molecule has 0 aliphatic heterocycles. The van der Waals surface area contributed by atoms with Crippen LogP contribution in [0.15, 0.2) is 29.6 Å². The molecule has 0 atom stereocenters. The van der Waals surface area contributed by atoms with E-state index in [1.54, 1.807) is 0 Å². The summed E-state index contributed by atoms with van der Waals surface area (Å²) in [5.74, 6) is -0.811. The number of aromatic nitrogens is 2. The first-order valence-electron chi connectivity index (χ1n) is 6.52. The Kier molecular flexibility index (Phi) is 4.49. The number of benzene rings is 1. The van der Waals surface area contributed by atoms with Gasteiger partial charge >= 0.3 is 5.97 Å². The predicted octanol–water partition coefficient (Wildman–Crippen LogP) is 3.23. The van der Waals surface area contributed by atoms with E-state index in [2.05, 4.69) is 36.4 Å². The van der Waals surface area contributed by atoms with Crippen molar-refractivity contribution < 1.29 is 9.90 Å². The number of thioether (sulfide) groups is 1. The van der Waals surface area contributed by atoms with Gasteiger partial charge in [0.15, 0.2) is 5.16 Å². The number of aryl methyl sites for hydroxylation is 2. The highest BCUT2D eigenvalue weighted by atomic mass is 32.2. The van der Waals surface area contributed by atoms with Crippen LogP contribution in [0.5, 0.6) is 0 Å². The molecule has 0 aliphatic rings. The number of carboxylic acid groups (broad SMARTS) is 1. The van der Waals surface area contributed by atoms with Crippen LogP contribution in [0.2, 0.25) is 0 Å². The third-order valence-corrected chi connectivity index (χ3v) is 4.24. The van der Waals surface area contributed by atoms with E-state index in [9.17, 15) is 4.79 Å². The average molecular weight is 290 g/mol. The van der Waals surface area contributed by atoms with Crippen molar-refractivity contribution in [3.63, 3.8) is 0 Å². The molecule has 0 unspecified atom stereocenters. The summed E-state index contributed by atoms with van der Waals surface area (Å²) < 4.78 is 2.07. The number of nitrogens with zero attached hydrogens (tertiary/aromatic N) is 2. The van der Waals surface area contributed by atoms with Gasteiger partial charge in [0.05, 0.1) is 11.4 Å². The van der Waals surface area contributed by atoms with Gasteiger partial charge in [-0.2, -0.15) is 0 Å². The number of imidazole rings is 1. The monoisotopic (exact) mass is 290 g/mol. The first-order chi connectivity index (χ1) is 9.54. The third kappa shape index (κ3) is 2.88. The molecule has 106 valence electrons. The van der Waals surface area contributed by atoms with Crippen molar-refractivity contribution in [2.45, 2.75) is 32.3 Å². The van der Waals surface area contributed by atoms with E-state index in [0.717, 1.165) is 23.0 Å². The fraction of sp³-hybridized carbons (Fsp3) is 0.333. The van der Waals surface area contributed by atoms with Gasteiger partial charge in [0.2, 0.25) is 0 Å². The van der Waals surface area contributed by atoms with E-state index >= 15 is 0 Å². The van der Waals surface area contributed by atoms with Crippen LogP contribution in [0, 0.1) is 13.8 Å². The summed E-state index contributed by atoms with van der Waals surface area (Å²) in [6, 6.07) is 6.14. The molecule has 1 N–H and O–H groups in total. The molecule has 0 saturated heterocycles. The maximum Gasteiger partial charge on any atom is 0.313 e. The molecule has 0 fully saturated rings. The van der Waals surface area contributed by atoms with Crippen LogP contribution in [0.3, 0.4) is 0 Å². The molecule has 0 aliphatic carbocycles. The molecule has 1 heterocycles. The standard InChI is InChI=1S/C15H18N2O2S/c1-4-12-8-16-15(20-9-14(18)19)17(12)13-7-5-6-10(2)11(13)3/h5-8H,4,9H2,1-3H3,(H,18,19). The lowest BCUT2D eigenvalue weighted by molar-refractivity contribution is -0.133. The van der Waals surface area contributed by atoms with Crippen molar-refractivity contribution in [3.8, 4) is 5.69 Å². The van der Waals surface area contributed by atoms with Gasteiger partial charge in [-0.15, -0.1) is 0 Å². The van der Waals surface area contributed by atoms with Gasteiger partial charge in [-0.25, -0.2) is 4.98 Å². The van der Waals surface area contributed by atoms with E-state index in [-0.39, 0.29) is 5.75 Å². The smallest absolute Gasteiger partial charge is 0.313 e. The summed E-state index contributed by atoms with van der Waals surface area (Å²) in [5, 5.41) is 9.58. The van der Waals surface area contributed by atoms with Gasteiger partial charge in [-0.1, -0.05) is 30.8 Å². The minimum Gasteiger partial charge on any atom is -0.481 e. The molecule has 0 saturated carbocycles. The molecule has 1 aromatic carbocycles. The first kappa shape index (κ1) is 14.7. The van der Waals surface area contributed by atoms with Gasteiger partial charge < -0.3 is 5.11 Å². The fourth-order valence-corrected chi connectivity index (χ4v) is 2.81. The lowest BCUT2D eigenvalue weighted by atomic mass is 10.1. The normalized spacial score (nSPS) is 10.8. The van der Waals surface area contributed by atoms with E-state index in [4.69, 9.17) is 5.11 Å². The molecule has 4 nitrogen and oxygen atoms in total. The average Bonchev–Trinajstić information content (AvgIpc) is 2.82. The highest BCUT2D eigenvalue weighted by molar-refractivity contribution is 7.99. The van der Waals surface area contributed by atoms with Crippen LogP contribution in [-0.2, 0) is 11.2 Å². The molecular weight excluding hydrogens is 272 g/mol. The van der Waals surface area contributed by atoms with Gasteiger partial charge in [-0.3, -0.25) is 9.36 Å². The SMILES string of the molecule is CCc1cnc(SCC(=O)O)n1-c1cccc(C)c1C. The molecular formula is C15H18N2O2S. The summed E-state index contributed by atoms with van der Waals surface area (Å²) in [6.45, 7) is 6.23. The second-order valence-electron chi connectivity index (χ2n) is 4.62. The summed E-state index contributed by atoms with van der Waals surface area (Å²) in [5.41, 5.74) is 4.57. The minimum absolute atomic E-state index is 0.0189. The molecule has 5 heteroatoms. The maximum atomic E-state index is 10.8. The molecule has 0 radical (unpaired) electrons. The lowest BCUT2D eigenvalue weighted by Crippen LogP contribution is -2.06. The molecule has 0 spiro atoms. The zero-order chi connectivity index (χ0) is 14.7. The van der Waals surface area contributed by atoms with Crippen molar-refractivity contribution in [1.29, 1.82) is 0 Å². The van der Waals surface area contributed by atoms with Crippen molar-refractivity contribution in [1.82, 2.24) is 9.55 Å². The van der Waals surface area contributed by atoms with Gasteiger partial charge in [-0.05, 0) is 37.5 Å². The Hall–Kier alpha value is -1.75. The van der Waals surface area contributed by atoms with Crippen LogP contribution in [0.25, 0.3) is 5.69 Å². The quantitative estimate of drug-likeness (QED) is 0.859. The predicted molar refractivity (Wildman–Crippen MR) is 80.8 cm³/mol. The number of carbonyl (C=O) groups is 1. The van der Waals surface area contributed by atoms with Crippen LogP contribution < -0.4 is 0 Å². The highest BCUT2D eigenvalue weighted by Gasteiger charge is 2.14. The second kappa shape index (κ2) is 6.13. The zero-order valence-electron chi connectivity index (χ0n) is 11.9. The van der Waals surface area contributed by atoms with Crippen LogP contribution >= 0.6 is 11.8 Å². The van der Waals surface area contributed by atoms with E-state index in [1.807, 2.05) is 18.3 Å². The van der Waals surface area contributed by atoms with Gasteiger partial charge in [0.25, 0.3) is 0 Å². The Morgan fingerprint density at radius 1 is 1.40 bits per heavy atom.